The van der Waals surface area contributed by atoms with Gasteiger partial charge in [0.15, 0.2) is 0 Å². The Hall–Kier alpha value is -2.94. The Labute approximate surface area is 285 Å². The van der Waals surface area contributed by atoms with Gasteiger partial charge in [-0.3, -0.25) is 19.2 Å². The molecule has 5 N–H and O–H groups in total. The lowest BCUT2D eigenvalue weighted by Gasteiger charge is -2.23. The van der Waals surface area contributed by atoms with Gasteiger partial charge in [0.2, 0.25) is 5.91 Å². The largest absolute Gasteiger partial charge is 0.459 e. The molecule has 0 saturated heterocycles. The van der Waals surface area contributed by atoms with E-state index in [-0.39, 0.29) is 23.4 Å². The summed E-state index contributed by atoms with van der Waals surface area (Å²) in [5.74, 6) is -1.48. The van der Waals surface area contributed by atoms with Crippen LogP contribution in [0.25, 0.3) is 0 Å². The summed E-state index contributed by atoms with van der Waals surface area (Å²) in [7, 11) is 0. The van der Waals surface area contributed by atoms with Crippen molar-refractivity contribution in [3.63, 3.8) is 0 Å². The second kappa shape index (κ2) is 24.2. The van der Waals surface area contributed by atoms with E-state index in [0.717, 1.165) is 19.3 Å². The first-order chi connectivity index (χ1) is 22.3. The summed E-state index contributed by atoms with van der Waals surface area (Å²) in [5, 5.41) is 8.65. The molecule has 0 radical (unpaired) electrons. The van der Waals surface area contributed by atoms with Crippen LogP contribution in [0, 0.1) is 0 Å². The Morgan fingerprint density at radius 1 is 0.723 bits per heavy atom. The predicted molar refractivity (Wildman–Crippen MR) is 191 cm³/mol. The zero-order chi connectivity index (χ0) is 35.1. The Morgan fingerprint density at radius 2 is 1.21 bits per heavy atom. The lowest BCUT2D eigenvalue weighted by atomic mass is 10.0. The predicted octanol–water partition coefficient (Wildman–Crippen LogP) is 7.36. The van der Waals surface area contributed by atoms with Crippen molar-refractivity contribution < 1.29 is 23.9 Å². The van der Waals surface area contributed by atoms with Crippen LogP contribution in [0.5, 0.6) is 0 Å². The average molecular weight is 659 g/mol. The van der Waals surface area contributed by atoms with Gasteiger partial charge in [-0.15, -0.1) is 0 Å². The third-order valence-corrected chi connectivity index (χ3v) is 7.98. The lowest BCUT2D eigenvalue weighted by molar-refractivity contribution is -0.156. The maximum Gasteiger partial charge on any atom is 0.323 e. The SMILES string of the molecule is CCCCCCCCCCCCCCCCNC(=O)[C@H](CCCC(N)C(=O)OC(C)(C)C)NC(=O)c1cccc(C(=O)NC(C)C)c1. The zero-order valence-corrected chi connectivity index (χ0v) is 30.4. The molecule has 0 aromatic heterocycles. The van der Waals surface area contributed by atoms with Crippen molar-refractivity contribution in [3.8, 4) is 0 Å². The number of hydrogen-bond acceptors (Lipinski definition) is 6. The number of nitrogens with one attached hydrogen (secondary N) is 3. The van der Waals surface area contributed by atoms with E-state index in [0.29, 0.717) is 31.4 Å². The fraction of sp³-hybridized carbons (Fsp3) is 0.737. The van der Waals surface area contributed by atoms with Crippen molar-refractivity contribution in [3.05, 3.63) is 35.4 Å². The average Bonchev–Trinajstić information content (AvgIpc) is 3.01. The summed E-state index contributed by atoms with van der Waals surface area (Å²) in [5.41, 5.74) is 6.07. The minimum atomic E-state index is -0.819. The van der Waals surface area contributed by atoms with E-state index in [4.69, 9.17) is 10.5 Å². The molecule has 1 rings (SSSR count). The molecule has 268 valence electrons. The first kappa shape index (κ1) is 42.1. The molecule has 9 heteroatoms. The van der Waals surface area contributed by atoms with E-state index >= 15 is 0 Å². The molecule has 2 atom stereocenters. The quantitative estimate of drug-likeness (QED) is 0.0639. The Balaban J connectivity index is 2.57. The highest BCUT2D eigenvalue weighted by Gasteiger charge is 2.25. The molecule has 0 aliphatic carbocycles. The van der Waals surface area contributed by atoms with Gasteiger partial charge >= 0.3 is 5.97 Å². The van der Waals surface area contributed by atoms with Gasteiger partial charge in [-0.25, -0.2) is 0 Å². The summed E-state index contributed by atoms with van der Waals surface area (Å²) in [4.78, 5) is 51.2. The lowest BCUT2D eigenvalue weighted by Crippen LogP contribution is -2.47. The zero-order valence-electron chi connectivity index (χ0n) is 30.4. The van der Waals surface area contributed by atoms with Crippen LogP contribution in [0.2, 0.25) is 0 Å². The van der Waals surface area contributed by atoms with E-state index in [1.165, 1.54) is 76.7 Å². The van der Waals surface area contributed by atoms with Gasteiger partial charge in [0, 0.05) is 23.7 Å². The fourth-order valence-electron chi connectivity index (χ4n) is 5.35. The van der Waals surface area contributed by atoms with Crippen molar-refractivity contribution in [2.45, 2.75) is 174 Å². The molecule has 47 heavy (non-hydrogen) atoms. The molecular weight excluding hydrogens is 592 g/mol. The molecule has 1 unspecified atom stereocenters. The molecule has 1 aromatic carbocycles. The van der Waals surface area contributed by atoms with Crippen LogP contribution in [0.15, 0.2) is 24.3 Å². The van der Waals surface area contributed by atoms with E-state index in [1.54, 1.807) is 39.0 Å². The number of esters is 1. The molecule has 0 saturated carbocycles. The van der Waals surface area contributed by atoms with Crippen LogP contribution in [0.3, 0.4) is 0 Å². The van der Waals surface area contributed by atoms with E-state index in [9.17, 15) is 19.2 Å². The van der Waals surface area contributed by atoms with Crippen LogP contribution in [-0.4, -0.2) is 54.0 Å². The summed E-state index contributed by atoms with van der Waals surface area (Å²) in [6, 6.07) is 4.76. The number of carbonyl (C=O) groups excluding carboxylic acids is 4. The molecule has 0 spiro atoms. The highest BCUT2D eigenvalue weighted by Crippen LogP contribution is 2.14. The number of carbonyl (C=O) groups is 4. The van der Waals surface area contributed by atoms with Crippen molar-refractivity contribution in [1.29, 1.82) is 0 Å². The standard InChI is InChI=1S/C38H66N4O5/c1-7-8-9-10-11-12-13-14-15-16-17-18-19-20-27-40-36(45)33(26-22-25-32(39)37(46)47-38(4,5)6)42-35(44)31-24-21-23-30(28-31)34(43)41-29(2)3/h21,23-24,28-29,32-33H,7-20,22,25-27,39H2,1-6H3,(H,40,45)(H,41,43)(H,42,44)/t32?,33-/m0/s1. The van der Waals surface area contributed by atoms with Gasteiger partial charge in [0.25, 0.3) is 11.8 Å². The Kier molecular flexibility index (Phi) is 21.7. The Bertz CT molecular complexity index is 1050. The van der Waals surface area contributed by atoms with Crippen molar-refractivity contribution in [2.75, 3.05) is 6.54 Å². The number of benzene rings is 1. The maximum absolute atomic E-state index is 13.2. The number of rotatable bonds is 25. The number of nitrogens with two attached hydrogens (primary N) is 1. The molecule has 0 heterocycles. The fourth-order valence-corrected chi connectivity index (χ4v) is 5.35. The van der Waals surface area contributed by atoms with Gasteiger partial charge in [0.1, 0.15) is 17.7 Å². The van der Waals surface area contributed by atoms with Gasteiger partial charge in [-0.2, -0.15) is 0 Å². The van der Waals surface area contributed by atoms with Crippen LogP contribution >= 0.6 is 0 Å². The molecule has 3 amide bonds. The third-order valence-electron chi connectivity index (χ3n) is 7.98. The highest BCUT2D eigenvalue weighted by molar-refractivity contribution is 6.01. The second-order valence-electron chi connectivity index (χ2n) is 14.2. The van der Waals surface area contributed by atoms with Crippen LogP contribution in [0.1, 0.15) is 171 Å². The number of hydrogen-bond donors (Lipinski definition) is 4. The minimum Gasteiger partial charge on any atom is -0.459 e. The van der Waals surface area contributed by atoms with Crippen molar-refractivity contribution in [2.24, 2.45) is 5.73 Å². The first-order valence-corrected chi connectivity index (χ1v) is 18.3. The van der Waals surface area contributed by atoms with E-state index in [2.05, 4.69) is 22.9 Å². The van der Waals surface area contributed by atoms with Crippen LogP contribution in [-0.2, 0) is 14.3 Å². The summed E-state index contributed by atoms with van der Waals surface area (Å²) >= 11 is 0. The summed E-state index contributed by atoms with van der Waals surface area (Å²) in [6.07, 6.45) is 18.8. The van der Waals surface area contributed by atoms with Crippen molar-refractivity contribution >= 4 is 23.7 Å². The van der Waals surface area contributed by atoms with Crippen LogP contribution in [0.4, 0.5) is 0 Å². The van der Waals surface area contributed by atoms with Gasteiger partial charge in [-0.05, 0) is 78.5 Å². The molecule has 0 aliphatic heterocycles. The van der Waals surface area contributed by atoms with E-state index in [1.807, 2.05) is 13.8 Å². The van der Waals surface area contributed by atoms with Gasteiger partial charge in [0.05, 0.1) is 0 Å². The number of ether oxygens (including phenoxy) is 1. The molecule has 0 aliphatic rings. The smallest absolute Gasteiger partial charge is 0.323 e. The summed E-state index contributed by atoms with van der Waals surface area (Å²) in [6.45, 7) is 11.9. The molecule has 1 aromatic rings. The van der Waals surface area contributed by atoms with Gasteiger partial charge < -0.3 is 26.4 Å². The van der Waals surface area contributed by atoms with Crippen LogP contribution < -0.4 is 21.7 Å². The number of unbranched alkanes of at least 4 members (excludes halogenated alkanes) is 13. The Morgan fingerprint density at radius 3 is 1.70 bits per heavy atom. The third kappa shape index (κ3) is 20.8. The highest BCUT2D eigenvalue weighted by atomic mass is 16.6. The topological polar surface area (TPSA) is 140 Å². The molecule has 9 nitrogen and oxygen atoms in total. The molecule has 0 fully saturated rings. The maximum atomic E-state index is 13.2. The molecular formula is C38H66N4O5. The van der Waals surface area contributed by atoms with Gasteiger partial charge in [-0.1, -0.05) is 96.5 Å². The minimum absolute atomic E-state index is 0.0418. The van der Waals surface area contributed by atoms with Crippen molar-refractivity contribution in [1.82, 2.24) is 16.0 Å². The summed E-state index contributed by atoms with van der Waals surface area (Å²) < 4.78 is 5.37. The number of amides is 3. The molecule has 0 bridgehead atoms. The second-order valence-corrected chi connectivity index (χ2v) is 14.2. The normalized spacial score (nSPS) is 12.8. The first-order valence-electron chi connectivity index (χ1n) is 18.3. The monoisotopic (exact) mass is 659 g/mol. The van der Waals surface area contributed by atoms with E-state index < -0.39 is 29.6 Å².